The SMILES string of the molecule is Cc1cnc(CN(C)O)cn1. The van der Waals surface area contributed by atoms with Gasteiger partial charge in [0.2, 0.25) is 0 Å². The molecule has 0 fully saturated rings. The Bertz CT molecular complexity index is 220. The van der Waals surface area contributed by atoms with Gasteiger partial charge in [-0.3, -0.25) is 9.97 Å². The monoisotopic (exact) mass is 153 g/mol. The smallest absolute Gasteiger partial charge is 0.0751 e. The van der Waals surface area contributed by atoms with Crippen molar-refractivity contribution < 1.29 is 5.21 Å². The summed E-state index contributed by atoms with van der Waals surface area (Å²) in [5, 5.41) is 9.91. The minimum atomic E-state index is 0.410. The zero-order chi connectivity index (χ0) is 8.27. The van der Waals surface area contributed by atoms with E-state index in [4.69, 9.17) is 5.21 Å². The number of hydroxylamine groups is 2. The predicted octanol–water partition coefficient (Wildman–Crippen LogP) is 0.606. The van der Waals surface area contributed by atoms with E-state index >= 15 is 0 Å². The van der Waals surface area contributed by atoms with Gasteiger partial charge in [0.05, 0.1) is 24.1 Å². The molecule has 0 bridgehead atoms. The summed E-state index contributed by atoms with van der Waals surface area (Å²) in [6.07, 6.45) is 3.33. The van der Waals surface area contributed by atoms with E-state index in [2.05, 4.69) is 9.97 Å². The Morgan fingerprint density at radius 2 is 2.18 bits per heavy atom. The van der Waals surface area contributed by atoms with Crippen molar-refractivity contribution >= 4 is 0 Å². The van der Waals surface area contributed by atoms with Crippen LogP contribution in [0.2, 0.25) is 0 Å². The molecule has 0 radical (unpaired) electrons. The van der Waals surface area contributed by atoms with E-state index in [0.29, 0.717) is 6.54 Å². The molecule has 1 N–H and O–H groups in total. The van der Waals surface area contributed by atoms with Crippen LogP contribution >= 0.6 is 0 Å². The summed E-state index contributed by atoms with van der Waals surface area (Å²) in [5.74, 6) is 0. The first-order valence-corrected chi connectivity index (χ1v) is 3.36. The van der Waals surface area contributed by atoms with Crippen molar-refractivity contribution in [2.24, 2.45) is 0 Å². The Kier molecular flexibility index (Phi) is 2.51. The minimum absolute atomic E-state index is 0.410. The Labute approximate surface area is 65.5 Å². The predicted molar refractivity (Wildman–Crippen MR) is 40.0 cm³/mol. The maximum atomic E-state index is 8.84. The molecule has 0 aliphatic heterocycles. The van der Waals surface area contributed by atoms with Crippen molar-refractivity contribution in [1.29, 1.82) is 0 Å². The van der Waals surface area contributed by atoms with Crippen LogP contribution in [0.1, 0.15) is 11.4 Å². The summed E-state index contributed by atoms with van der Waals surface area (Å²) >= 11 is 0. The molecule has 0 amide bonds. The molecular formula is C7H11N3O. The van der Waals surface area contributed by atoms with E-state index in [9.17, 15) is 0 Å². The van der Waals surface area contributed by atoms with Gasteiger partial charge in [0, 0.05) is 13.2 Å². The number of aromatic nitrogens is 2. The molecule has 1 rings (SSSR count). The van der Waals surface area contributed by atoms with Crippen molar-refractivity contribution in [2.75, 3.05) is 7.05 Å². The second kappa shape index (κ2) is 3.41. The Morgan fingerprint density at radius 3 is 2.64 bits per heavy atom. The highest BCUT2D eigenvalue weighted by Crippen LogP contribution is 1.95. The van der Waals surface area contributed by atoms with E-state index < -0.39 is 0 Å². The van der Waals surface area contributed by atoms with E-state index in [1.54, 1.807) is 19.4 Å². The first-order valence-electron chi connectivity index (χ1n) is 3.36. The molecule has 1 aromatic heterocycles. The molecule has 1 heterocycles. The fraction of sp³-hybridized carbons (Fsp3) is 0.429. The van der Waals surface area contributed by atoms with Crippen LogP contribution in [0.4, 0.5) is 0 Å². The third-order valence-corrected chi connectivity index (χ3v) is 1.23. The largest absolute Gasteiger partial charge is 0.314 e. The Morgan fingerprint density at radius 1 is 1.45 bits per heavy atom. The molecule has 0 aromatic carbocycles. The van der Waals surface area contributed by atoms with Crippen molar-refractivity contribution in [3.8, 4) is 0 Å². The van der Waals surface area contributed by atoms with Gasteiger partial charge < -0.3 is 5.21 Å². The Balaban J connectivity index is 2.66. The molecule has 0 unspecified atom stereocenters. The second-order valence-electron chi connectivity index (χ2n) is 2.46. The molecule has 0 saturated carbocycles. The summed E-state index contributed by atoms with van der Waals surface area (Å²) < 4.78 is 0. The van der Waals surface area contributed by atoms with E-state index in [1.165, 1.54) is 0 Å². The first kappa shape index (κ1) is 8.10. The summed E-state index contributed by atoms with van der Waals surface area (Å²) in [5.41, 5.74) is 1.65. The normalized spacial score (nSPS) is 10.5. The molecule has 0 aliphatic rings. The quantitative estimate of drug-likeness (QED) is 0.632. The average Bonchev–Trinajstić information content (AvgIpc) is 1.93. The third-order valence-electron chi connectivity index (χ3n) is 1.23. The number of hydrogen-bond acceptors (Lipinski definition) is 4. The van der Waals surface area contributed by atoms with Gasteiger partial charge in [-0.1, -0.05) is 0 Å². The van der Waals surface area contributed by atoms with Crippen LogP contribution in [0.3, 0.4) is 0 Å². The van der Waals surface area contributed by atoms with Crippen molar-refractivity contribution in [3.63, 3.8) is 0 Å². The lowest BCUT2D eigenvalue weighted by Crippen LogP contribution is -2.12. The molecule has 60 valence electrons. The van der Waals surface area contributed by atoms with Gasteiger partial charge in [-0.15, -0.1) is 0 Å². The van der Waals surface area contributed by atoms with E-state index in [0.717, 1.165) is 16.5 Å². The zero-order valence-corrected chi connectivity index (χ0v) is 6.65. The lowest BCUT2D eigenvalue weighted by atomic mass is 10.4. The zero-order valence-electron chi connectivity index (χ0n) is 6.65. The number of nitrogens with zero attached hydrogens (tertiary/aromatic N) is 3. The fourth-order valence-electron chi connectivity index (χ4n) is 0.735. The molecular weight excluding hydrogens is 142 g/mol. The highest BCUT2D eigenvalue weighted by atomic mass is 16.5. The fourth-order valence-corrected chi connectivity index (χ4v) is 0.735. The van der Waals surface area contributed by atoms with Gasteiger partial charge in [0.1, 0.15) is 0 Å². The number of hydrogen-bond donors (Lipinski definition) is 1. The second-order valence-corrected chi connectivity index (χ2v) is 2.46. The minimum Gasteiger partial charge on any atom is -0.314 e. The lowest BCUT2D eigenvalue weighted by molar-refractivity contribution is -0.0741. The van der Waals surface area contributed by atoms with Gasteiger partial charge in [0.25, 0.3) is 0 Å². The molecule has 1 aromatic rings. The van der Waals surface area contributed by atoms with Crippen molar-refractivity contribution in [3.05, 3.63) is 23.8 Å². The average molecular weight is 153 g/mol. The summed E-state index contributed by atoms with van der Waals surface area (Å²) in [6.45, 7) is 2.28. The first-order chi connectivity index (χ1) is 5.18. The van der Waals surface area contributed by atoms with E-state index in [-0.39, 0.29) is 0 Å². The molecule has 0 saturated heterocycles. The van der Waals surface area contributed by atoms with Crippen LogP contribution in [0.15, 0.2) is 12.4 Å². The highest BCUT2D eigenvalue weighted by molar-refractivity contribution is 4.99. The highest BCUT2D eigenvalue weighted by Gasteiger charge is 1.96. The molecule has 4 heteroatoms. The van der Waals surface area contributed by atoms with Crippen LogP contribution in [-0.4, -0.2) is 27.3 Å². The summed E-state index contributed by atoms with van der Waals surface area (Å²) in [6, 6.07) is 0. The molecule has 0 spiro atoms. The van der Waals surface area contributed by atoms with Gasteiger partial charge in [-0.2, -0.15) is 5.06 Å². The summed E-state index contributed by atoms with van der Waals surface area (Å²) in [4.78, 5) is 8.09. The topological polar surface area (TPSA) is 49.2 Å². The molecule has 11 heavy (non-hydrogen) atoms. The van der Waals surface area contributed by atoms with Crippen molar-refractivity contribution in [1.82, 2.24) is 15.0 Å². The van der Waals surface area contributed by atoms with Gasteiger partial charge in [0.15, 0.2) is 0 Å². The van der Waals surface area contributed by atoms with Crippen LogP contribution in [0, 0.1) is 6.92 Å². The maximum Gasteiger partial charge on any atom is 0.0751 e. The Hall–Kier alpha value is -1.00. The molecule has 4 nitrogen and oxygen atoms in total. The number of rotatable bonds is 2. The van der Waals surface area contributed by atoms with Gasteiger partial charge in [-0.05, 0) is 6.92 Å². The molecule has 0 atom stereocenters. The van der Waals surface area contributed by atoms with Gasteiger partial charge >= 0.3 is 0 Å². The van der Waals surface area contributed by atoms with Crippen LogP contribution in [0.25, 0.3) is 0 Å². The third kappa shape index (κ3) is 2.61. The van der Waals surface area contributed by atoms with Crippen LogP contribution < -0.4 is 0 Å². The lowest BCUT2D eigenvalue weighted by Gasteiger charge is -2.05. The van der Waals surface area contributed by atoms with Crippen LogP contribution in [-0.2, 0) is 6.54 Å². The number of aryl methyl sites for hydroxylation is 1. The summed E-state index contributed by atoms with van der Waals surface area (Å²) in [7, 11) is 1.57. The standard InChI is InChI=1S/C7H11N3O/c1-6-3-9-7(4-8-6)5-10(2)11/h3-4,11H,5H2,1-2H3. The van der Waals surface area contributed by atoms with E-state index in [1.807, 2.05) is 6.92 Å². The maximum absolute atomic E-state index is 8.84. The van der Waals surface area contributed by atoms with Gasteiger partial charge in [-0.25, -0.2) is 0 Å². The molecule has 0 aliphatic carbocycles. The van der Waals surface area contributed by atoms with Crippen LogP contribution in [0.5, 0.6) is 0 Å². The van der Waals surface area contributed by atoms with Crippen molar-refractivity contribution in [2.45, 2.75) is 13.5 Å².